The summed E-state index contributed by atoms with van der Waals surface area (Å²) in [5.74, 6) is 1.19. The van der Waals surface area contributed by atoms with Crippen molar-refractivity contribution >= 4 is 0 Å². The summed E-state index contributed by atoms with van der Waals surface area (Å²) in [4.78, 5) is 0. The SMILES string of the molecule is CC1C=C(O)CCC1.[Ac]. The van der Waals surface area contributed by atoms with Gasteiger partial charge in [-0.15, -0.1) is 0 Å². The van der Waals surface area contributed by atoms with E-state index in [2.05, 4.69) is 6.92 Å². The van der Waals surface area contributed by atoms with Gasteiger partial charge in [0.1, 0.15) is 0 Å². The molecule has 1 aliphatic rings. The van der Waals surface area contributed by atoms with Crippen LogP contribution in [0.25, 0.3) is 0 Å². The van der Waals surface area contributed by atoms with Gasteiger partial charge < -0.3 is 5.11 Å². The average molecular weight is 339 g/mol. The molecule has 0 saturated carbocycles. The Bertz CT molecular complexity index is 109. The van der Waals surface area contributed by atoms with Crippen LogP contribution in [0.5, 0.6) is 0 Å². The molecule has 9 heavy (non-hydrogen) atoms. The number of hydrogen-bond acceptors (Lipinski definition) is 1. The van der Waals surface area contributed by atoms with Crippen LogP contribution in [0.2, 0.25) is 0 Å². The Hall–Kier alpha value is 0.982. The van der Waals surface area contributed by atoms with Crippen molar-refractivity contribution in [3.63, 3.8) is 0 Å². The number of allylic oxidation sites excluding steroid dienone is 2. The van der Waals surface area contributed by atoms with Crippen LogP contribution in [-0.2, 0) is 0 Å². The molecule has 2 heteroatoms. The molecule has 1 N–H and O–H groups in total. The van der Waals surface area contributed by atoms with Crippen LogP contribution in [-0.4, -0.2) is 5.11 Å². The van der Waals surface area contributed by atoms with Crippen LogP contribution in [0, 0.1) is 50.0 Å². The molecule has 0 bridgehead atoms. The van der Waals surface area contributed by atoms with Crippen molar-refractivity contribution in [2.75, 3.05) is 0 Å². The molecule has 0 saturated heterocycles. The van der Waals surface area contributed by atoms with Crippen LogP contribution in [0.1, 0.15) is 26.2 Å². The Kier molecular flexibility index (Phi) is 5.26. The van der Waals surface area contributed by atoms with Gasteiger partial charge in [-0.2, -0.15) is 0 Å². The maximum absolute atomic E-state index is 8.94. The summed E-state index contributed by atoms with van der Waals surface area (Å²) in [6, 6.07) is 0. The molecule has 49 valence electrons. The van der Waals surface area contributed by atoms with Gasteiger partial charge in [-0.25, -0.2) is 0 Å². The molecule has 1 radical (unpaired) electrons. The Balaban J connectivity index is 0.000000640. The predicted octanol–water partition coefficient (Wildman–Crippen LogP) is 2.25. The fourth-order valence-corrected chi connectivity index (χ4v) is 1.10. The summed E-state index contributed by atoms with van der Waals surface area (Å²) < 4.78 is 0. The summed E-state index contributed by atoms with van der Waals surface area (Å²) in [5, 5.41) is 8.94. The Morgan fingerprint density at radius 1 is 1.67 bits per heavy atom. The van der Waals surface area contributed by atoms with Gasteiger partial charge in [-0.1, -0.05) is 6.92 Å². The molecule has 0 aromatic carbocycles. The summed E-state index contributed by atoms with van der Waals surface area (Å²) in [5.41, 5.74) is 0. The molecule has 0 fully saturated rings. The third kappa shape index (κ3) is 3.63. The minimum Gasteiger partial charge on any atom is -0.513 e. The molecular formula is C7H12AcO. The molecule has 0 aliphatic heterocycles. The van der Waals surface area contributed by atoms with Gasteiger partial charge in [0.15, 0.2) is 0 Å². The fourth-order valence-electron chi connectivity index (χ4n) is 1.10. The van der Waals surface area contributed by atoms with Gasteiger partial charge in [-0.05, 0) is 24.8 Å². The van der Waals surface area contributed by atoms with Gasteiger partial charge in [0, 0.05) is 50.5 Å². The number of aliphatic hydroxyl groups excluding tert-OH is 1. The maximum Gasteiger partial charge on any atom is 0.0885 e. The second-order valence-electron chi connectivity index (χ2n) is 2.53. The minimum absolute atomic E-state index is 0. The molecule has 1 nitrogen and oxygen atoms in total. The normalized spacial score (nSPS) is 26.3. The number of hydrogen-bond donors (Lipinski definition) is 1. The zero-order valence-corrected chi connectivity index (χ0v) is 10.5. The Labute approximate surface area is 92.1 Å². The summed E-state index contributed by atoms with van der Waals surface area (Å²) in [6.45, 7) is 2.13. The molecule has 0 aromatic rings. The summed E-state index contributed by atoms with van der Waals surface area (Å²) in [6.07, 6.45) is 5.24. The monoisotopic (exact) mass is 339 g/mol. The van der Waals surface area contributed by atoms with Crippen LogP contribution in [0.15, 0.2) is 11.8 Å². The van der Waals surface area contributed by atoms with E-state index in [1.54, 1.807) is 0 Å². The molecular weight excluding hydrogens is 327 g/mol. The minimum atomic E-state index is 0. The zero-order chi connectivity index (χ0) is 5.98. The standard InChI is InChI=1S/C7H12O.Ac/c1-6-3-2-4-7(8)5-6;/h5-6,8H,2-4H2,1H3;. The third-order valence-electron chi connectivity index (χ3n) is 1.57. The first-order valence-electron chi connectivity index (χ1n) is 3.18. The number of rotatable bonds is 0. The van der Waals surface area contributed by atoms with E-state index in [-0.39, 0.29) is 44.1 Å². The van der Waals surface area contributed by atoms with Crippen molar-refractivity contribution in [1.29, 1.82) is 0 Å². The predicted molar refractivity (Wildman–Crippen MR) is 33.7 cm³/mol. The van der Waals surface area contributed by atoms with E-state index in [1.165, 1.54) is 6.42 Å². The van der Waals surface area contributed by atoms with Crippen LogP contribution >= 0.6 is 0 Å². The first kappa shape index (κ1) is 9.98. The molecule has 1 aliphatic carbocycles. The fraction of sp³-hybridized carbons (Fsp3) is 0.714. The van der Waals surface area contributed by atoms with Crippen molar-refractivity contribution in [3.8, 4) is 0 Å². The second kappa shape index (κ2) is 4.74. The van der Waals surface area contributed by atoms with Gasteiger partial charge >= 0.3 is 0 Å². The largest absolute Gasteiger partial charge is 0.513 e. The molecule has 0 aromatic heterocycles. The van der Waals surface area contributed by atoms with Crippen LogP contribution < -0.4 is 0 Å². The van der Waals surface area contributed by atoms with E-state index in [0.717, 1.165) is 12.8 Å². The smallest absolute Gasteiger partial charge is 0.0885 e. The molecule has 1 atom stereocenters. The Morgan fingerprint density at radius 2 is 2.33 bits per heavy atom. The summed E-state index contributed by atoms with van der Waals surface area (Å²) >= 11 is 0. The molecule has 0 heterocycles. The average Bonchev–Trinajstić information content (AvgIpc) is 1.64. The Morgan fingerprint density at radius 3 is 2.67 bits per heavy atom. The van der Waals surface area contributed by atoms with Crippen molar-refractivity contribution < 1.29 is 49.2 Å². The van der Waals surface area contributed by atoms with E-state index >= 15 is 0 Å². The van der Waals surface area contributed by atoms with Gasteiger partial charge in [0.05, 0.1) is 5.76 Å². The molecule has 1 unspecified atom stereocenters. The quantitative estimate of drug-likeness (QED) is 0.718. The van der Waals surface area contributed by atoms with Crippen LogP contribution in [0.3, 0.4) is 0 Å². The van der Waals surface area contributed by atoms with E-state index in [4.69, 9.17) is 5.11 Å². The maximum atomic E-state index is 8.94. The van der Waals surface area contributed by atoms with Crippen molar-refractivity contribution in [3.05, 3.63) is 11.8 Å². The van der Waals surface area contributed by atoms with Crippen molar-refractivity contribution in [1.82, 2.24) is 0 Å². The van der Waals surface area contributed by atoms with Crippen LogP contribution in [0.4, 0.5) is 0 Å². The van der Waals surface area contributed by atoms with Gasteiger partial charge in [-0.3, -0.25) is 0 Å². The molecule has 0 amide bonds. The van der Waals surface area contributed by atoms with E-state index in [9.17, 15) is 0 Å². The number of aliphatic hydroxyl groups is 1. The first-order valence-corrected chi connectivity index (χ1v) is 3.18. The third-order valence-corrected chi connectivity index (χ3v) is 1.57. The van der Waals surface area contributed by atoms with Gasteiger partial charge in [0.25, 0.3) is 0 Å². The zero-order valence-electron chi connectivity index (χ0n) is 5.80. The van der Waals surface area contributed by atoms with Crippen molar-refractivity contribution in [2.24, 2.45) is 5.92 Å². The second-order valence-corrected chi connectivity index (χ2v) is 2.53. The summed E-state index contributed by atoms with van der Waals surface area (Å²) in [7, 11) is 0. The molecule has 0 spiro atoms. The van der Waals surface area contributed by atoms with E-state index in [1.807, 2.05) is 6.08 Å². The van der Waals surface area contributed by atoms with Gasteiger partial charge in [0.2, 0.25) is 0 Å². The topological polar surface area (TPSA) is 20.2 Å². The van der Waals surface area contributed by atoms with E-state index < -0.39 is 0 Å². The van der Waals surface area contributed by atoms with Crippen molar-refractivity contribution in [2.45, 2.75) is 26.2 Å². The first-order chi connectivity index (χ1) is 3.79. The molecule has 1 rings (SSSR count). The van der Waals surface area contributed by atoms with E-state index in [0.29, 0.717) is 11.7 Å².